The zero-order valence-electron chi connectivity index (χ0n) is 26.5. The van der Waals surface area contributed by atoms with E-state index in [9.17, 15) is 4.79 Å². The lowest BCUT2D eigenvalue weighted by atomic mass is 9.79. The summed E-state index contributed by atoms with van der Waals surface area (Å²) in [6.07, 6.45) is 1.99. The Bertz CT molecular complexity index is 1270. The first-order chi connectivity index (χ1) is 19.3. The quantitative estimate of drug-likeness (QED) is 0.221. The Morgan fingerprint density at radius 3 is 1.88 bits per heavy atom. The number of carbonyl (C=O) groups excluding carboxylic acids is 1. The molecule has 3 aromatic rings. The fraction of sp³-hybridized carbons (Fsp3) is 0.432. The van der Waals surface area contributed by atoms with Gasteiger partial charge in [0.2, 0.25) is 0 Å². The summed E-state index contributed by atoms with van der Waals surface area (Å²) in [5.74, 6) is 0.460. The van der Waals surface area contributed by atoms with E-state index in [1.807, 2.05) is 31.2 Å². The molecule has 0 radical (unpaired) electrons. The van der Waals surface area contributed by atoms with Crippen molar-refractivity contribution in [2.24, 2.45) is 0 Å². The van der Waals surface area contributed by atoms with Crippen LogP contribution in [0.2, 0.25) is 0 Å². The highest BCUT2D eigenvalue weighted by atomic mass is 16.6. The Labute approximate surface area is 247 Å². The number of esters is 1. The highest BCUT2D eigenvalue weighted by molar-refractivity contribution is 5.75. The Hall–Kier alpha value is -3.37. The summed E-state index contributed by atoms with van der Waals surface area (Å²) in [5.41, 5.74) is 8.72. The SMILES string of the molecule is CCOC(=O)C(Cc1ccc(OC/C=C(\C)c2ccc(-c3cc(C(C)(C)C)cc(C(C)(C)C)c3)cc2)cc1)OCC. The van der Waals surface area contributed by atoms with Crippen molar-refractivity contribution in [3.05, 3.63) is 95.1 Å². The van der Waals surface area contributed by atoms with Gasteiger partial charge < -0.3 is 14.2 Å². The molecule has 0 aromatic heterocycles. The minimum absolute atomic E-state index is 0.0874. The molecule has 41 heavy (non-hydrogen) atoms. The monoisotopic (exact) mass is 556 g/mol. The van der Waals surface area contributed by atoms with Gasteiger partial charge in [-0.2, -0.15) is 0 Å². The summed E-state index contributed by atoms with van der Waals surface area (Å²) >= 11 is 0. The molecule has 0 fully saturated rings. The van der Waals surface area contributed by atoms with Crippen molar-refractivity contribution in [2.75, 3.05) is 19.8 Å². The van der Waals surface area contributed by atoms with Crippen LogP contribution in [0.1, 0.15) is 84.6 Å². The zero-order chi connectivity index (χ0) is 30.2. The fourth-order valence-corrected chi connectivity index (χ4v) is 4.55. The van der Waals surface area contributed by atoms with Gasteiger partial charge in [-0.3, -0.25) is 0 Å². The largest absolute Gasteiger partial charge is 0.490 e. The van der Waals surface area contributed by atoms with E-state index in [0.29, 0.717) is 26.2 Å². The lowest BCUT2D eigenvalue weighted by Crippen LogP contribution is -2.28. The summed E-state index contributed by atoms with van der Waals surface area (Å²) in [7, 11) is 0. The fourth-order valence-electron chi connectivity index (χ4n) is 4.55. The summed E-state index contributed by atoms with van der Waals surface area (Å²) < 4.78 is 16.7. The molecule has 1 unspecified atom stereocenters. The molecule has 0 saturated heterocycles. The average molecular weight is 557 g/mol. The molecule has 3 aromatic carbocycles. The van der Waals surface area contributed by atoms with Gasteiger partial charge >= 0.3 is 5.97 Å². The molecule has 0 saturated carbocycles. The third-order valence-corrected chi connectivity index (χ3v) is 7.24. The van der Waals surface area contributed by atoms with Crippen LogP contribution in [-0.2, 0) is 31.5 Å². The van der Waals surface area contributed by atoms with Gasteiger partial charge in [0.15, 0.2) is 6.10 Å². The van der Waals surface area contributed by atoms with Crippen molar-refractivity contribution < 1.29 is 19.0 Å². The predicted molar refractivity (Wildman–Crippen MR) is 171 cm³/mol. The summed E-state index contributed by atoms with van der Waals surface area (Å²) in [5, 5.41) is 0. The van der Waals surface area contributed by atoms with Gasteiger partial charge in [0.25, 0.3) is 0 Å². The van der Waals surface area contributed by atoms with Crippen molar-refractivity contribution in [3.8, 4) is 16.9 Å². The van der Waals surface area contributed by atoms with Gasteiger partial charge in [0.05, 0.1) is 6.61 Å². The molecule has 0 aliphatic heterocycles. The minimum Gasteiger partial charge on any atom is -0.490 e. The predicted octanol–water partition coefficient (Wildman–Crippen LogP) is 8.94. The summed E-state index contributed by atoms with van der Waals surface area (Å²) in [6, 6.07) is 23.6. The van der Waals surface area contributed by atoms with Gasteiger partial charge in [-0.05, 0) is 88.8 Å². The number of hydrogen-bond donors (Lipinski definition) is 0. The number of benzene rings is 3. The van der Waals surface area contributed by atoms with E-state index >= 15 is 0 Å². The smallest absolute Gasteiger partial charge is 0.335 e. The molecule has 0 aliphatic rings. The molecule has 0 aliphatic carbocycles. The van der Waals surface area contributed by atoms with E-state index in [0.717, 1.165) is 11.3 Å². The molecule has 4 nitrogen and oxygen atoms in total. The van der Waals surface area contributed by atoms with Gasteiger partial charge in [0, 0.05) is 13.0 Å². The summed E-state index contributed by atoms with van der Waals surface area (Å²) in [4.78, 5) is 12.1. The van der Waals surface area contributed by atoms with E-state index in [2.05, 4.69) is 97.0 Å². The first kappa shape index (κ1) is 32.1. The Kier molecular flexibility index (Phi) is 11.0. The molecule has 0 heterocycles. The Morgan fingerprint density at radius 2 is 1.37 bits per heavy atom. The van der Waals surface area contributed by atoms with Crippen LogP contribution in [0, 0.1) is 0 Å². The van der Waals surface area contributed by atoms with Crippen LogP contribution < -0.4 is 4.74 Å². The van der Waals surface area contributed by atoms with Gasteiger partial charge in [-0.25, -0.2) is 4.79 Å². The minimum atomic E-state index is -0.591. The molecule has 0 N–H and O–H groups in total. The van der Waals surface area contributed by atoms with Crippen molar-refractivity contribution >= 4 is 11.5 Å². The molecular weight excluding hydrogens is 508 g/mol. The van der Waals surface area contributed by atoms with E-state index in [-0.39, 0.29) is 16.8 Å². The average Bonchev–Trinajstić information content (AvgIpc) is 2.92. The number of rotatable bonds is 11. The molecule has 4 heteroatoms. The second-order valence-electron chi connectivity index (χ2n) is 12.6. The van der Waals surface area contributed by atoms with Crippen molar-refractivity contribution in [1.82, 2.24) is 0 Å². The van der Waals surface area contributed by atoms with Gasteiger partial charge in [-0.15, -0.1) is 0 Å². The number of allylic oxidation sites excluding steroid dienone is 1. The van der Waals surface area contributed by atoms with Crippen LogP contribution in [0.4, 0.5) is 0 Å². The molecule has 0 spiro atoms. The maximum Gasteiger partial charge on any atom is 0.335 e. The van der Waals surface area contributed by atoms with Crippen molar-refractivity contribution in [3.63, 3.8) is 0 Å². The van der Waals surface area contributed by atoms with Crippen LogP contribution in [0.25, 0.3) is 16.7 Å². The summed E-state index contributed by atoms with van der Waals surface area (Å²) in [6.45, 7) is 20.7. The van der Waals surface area contributed by atoms with Crippen molar-refractivity contribution in [2.45, 2.75) is 85.7 Å². The third-order valence-electron chi connectivity index (χ3n) is 7.24. The Balaban J connectivity index is 1.65. The van der Waals surface area contributed by atoms with E-state index in [1.54, 1.807) is 6.92 Å². The molecule has 0 amide bonds. The molecular formula is C37H48O4. The van der Waals surface area contributed by atoms with Gasteiger partial charge in [0.1, 0.15) is 12.4 Å². The third kappa shape index (κ3) is 9.33. The maximum absolute atomic E-state index is 12.1. The number of hydrogen-bond acceptors (Lipinski definition) is 4. The first-order valence-corrected chi connectivity index (χ1v) is 14.8. The van der Waals surface area contributed by atoms with Crippen LogP contribution in [0.15, 0.2) is 72.8 Å². The lowest BCUT2D eigenvalue weighted by Gasteiger charge is -2.26. The zero-order valence-corrected chi connectivity index (χ0v) is 26.5. The number of carbonyl (C=O) groups is 1. The highest BCUT2D eigenvalue weighted by Gasteiger charge is 2.22. The second kappa shape index (κ2) is 14.0. The van der Waals surface area contributed by atoms with Crippen LogP contribution >= 0.6 is 0 Å². The Morgan fingerprint density at radius 1 is 0.780 bits per heavy atom. The molecule has 220 valence electrons. The molecule has 1 atom stereocenters. The van der Waals surface area contributed by atoms with E-state index in [1.165, 1.54) is 33.4 Å². The van der Waals surface area contributed by atoms with Crippen LogP contribution in [-0.4, -0.2) is 31.9 Å². The van der Waals surface area contributed by atoms with Crippen LogP contribution in [0.3, 0.4) is 0 Å². The molecule has 3 rings (SSSR count). The van der Waals surface area contributed by atoms with Crippen LogP contribution in [0.5, 0.6) is 5.75 Å². The standard InChI is InChI=1S/C37H48O4/c1-10-39-34(35(38)40-11-2)22-27-12-18-33(19-13-27)41-21-20-26(3)28-14-16-29(17-15-28)30-23-31(36(4,5)6)25-32(24-30)37(7,8)9/h12-20,23-25,34H,10-11,21-22H2,1-9H3/b26-20+. The van der Waals surface area contributed by atoms with Crippen molar-refractivity contribution in [1.29, 1.82) is 0 Å². The van der Waals surface area contributed by atoms with E-state index < -0.39 is 6.10 Å². The highest BCUT2D eigenvalue weighted by Crippen LogP contribution is 2.34. The first-order valence-electron chi connectivity index (χ1n) is 14.8. The van der Waals surface area contributed by atoms with E-state index in [4.69, 9.17) is 14.2 Å². The van der Waals surface area contributed by atoms with Gasteiger partial charge in [-0.1, -0.05) is 96.1 Å². The normalized spacial score (nSPS) is 13.1. The lowest BCUT2D eigenvalue weighted by molar-refractivity contribution is -0.156. The number of ether oxygens (including phenoxy) is 3. The maximum atomic E-state index is 12.1. The second-order valence-corrected chi connectivity index (χ2v) is 12.6. The topological polar surface area (TPSA) is 44.8 Å². The molecule has 0 bridgehead atoms.